The Hall–Kier alpha value is -1.13. The van der Waals surface area contributed by atoms with Crippen LogP contribution in [0.4, 0.5) is 5.69 Å². The highest BCUT2D eigenvalue weighted by atomic mass is 35.5. The average Bonchev–Trinajstić information content (AvgIpc) is 2.43. The van der Waals surface area contributed by atoms with Gasteiger partial charge in [0.2, 0.25) is 5.91 Å². The van der Waals surface area contributed by atoms with Gasteiger partial charge < -0.3 is 5.32 Å². The molecule has 0 atom stereocenters. The van der Waals surface area contributed by atoms with Crippen LogP contribution < -0.4 is 5.32 Å². The lowest BCUT2D eigenvalue weighted by atomic mass is 10.3. The molecule has 0 saturated heterocycles. The molecule has 0 aliphatic heterocycles. The summed E-state index contributed by atoms with van der Waals surface area (Å²) in [6.45, 7) is 1.45. The summed E-state index contributed by atoms with van der Waals surface area (Å²) in [5, 5.41) is 2.67. The first-order valence-corrected chi connectivity index (χ1v) is 5.18. The number of rotatable bonds is 1. The average molecular weight is 227 g/mol. The minimum Gasteiger partial charge on any atom is -0.323 e. The number of carbonyl (C=O) groups excluding carboxylic acids is 1. The second-order valence-electron chi connectivity index (χ2n) is 2.78. The van der Waals surface area contributed by atoms with E-state index >= 15 is 0 Å². The third kappa shape index (κ3) is 1.58. The van der Waals surface area contributed by atoms with E-state index in [2.05, 4.69) is 10.3 Å². The van der Waals surface area contributed by atoms with Crippen LogP contribution in [0.3, 0.4) is 0 Å². The fourth-order valence-electron chi connectivity index (χ4n) is 1.19. The number of hydrogen-bond donors (Lipinski definition) is 1. The summed E-state index contributed by atoms with van der Waals surface area (Å²) in [6.07, 6.45) is 1.68. The zero-order valence-corrected chi connectivity index (χ0v) is 8.95. The summed E-state index contributed by atoms with van der Waals surface area (Å²) in [5.74, 6) is -0.141. The van der Waals surface area contributed by atoms with Crippen molar-refractivity contribution in [3.05, 3.63) is 22.7 Å². The first-order chi connectivity index (χ1) is 6.68. The lowest BCUT2D eigenvalue weighted by molar-refractivity contribution is -0.114. The van der Waals surface area contributed by atoms with Gasteiger partial charge in [0.05, 0.1) is 10.4 Å². The number of halogens is 1. The van der Waals surface area contributed by atoms with E-state index in [4.69, 9.17) is 11.6 Å². The molecule has 2 heterocycles. The second kappa shape index (κ2) is 3.55. The topological polar surface area (TPSA) is 42.0 Å². The Kier molecular flexibility index (Phi) is 2.39. The number of nitrogens with zero attached hydrogens (tertiary/aromatic N) is 1. The number of aromatic nitrogens is 1. The molecule has 1 amide bonds. The molecular formula is C9H7ClN2OS. The predicted octanol–water partition coefficient (Wildman–Crippen LogP) is 2.91. The maximum absolute atomic E-state index is 10.9. The van der Waals surface area contributed by atoms with Crippen molar-refractivity contribution in [3.63, 3.8) is 0 Å². The Morgan fingerprint density at radius 2 is 2.43 bits per heavy atom. The molecule has 72 valence electrons. The quantitative estimate of drug-likeness (QED) is 0.813. The van der Waals surface area contributed by atoms with Crippen molar-refractivity contribution in [2.24, 2.45) is 0 Å². The van der Waals surface area contributed by atoms with Crippen LogP contribution in [0.5, 0.6) is 0 Å². The van der Waals surface area contributed by atoms with Crippen LogP contribution in [0, 0.1) is 0 Å². The van der Waals surface area contributed by atoms with E-state index in [-0.39, 0.29) is 5.91 Å². The van der Waals surface area contributed by atoms with Gasteiger partial charge in [-0.15, -0.1) is 11.3 Å². The molecule has 0 fully saturated rings. The van der Waals surface area contributed by atoms with Crippen molar-refractivity contribution in [2.75, 3.05) is 5.32 Å². The molecule has 0 aliphatic carbocycles. The van der Waals surface area contributed by atoms with Crippen LogP contribution in [0.2, 0.25) is 4.34 Å². The van der Waals surface area contributed by atoms with Crippen molar-refractivity contribution in [2.45, 2.75) is 6.92 Å². The Labute approximate surface area is 89.7 Å². The zero-order valence-electron chi connectivity index (χ0n) is 7.37. The summed E-state index contributed by atoms with van der Waals surface area (Å²) in [4.78, 5) is 15.1. The van der Waals surface area contributed by atoms with E-state index in [9.17, 15) is 4.79 Å². The van der Waals surface area contributed by atoms with Gasteiger partial charge in [-0.3, -0.25) is 9.78 Å². The van der Waals surface area contributed by atoms with E-state index < -0.39 is 0 Å². The Morgan fingerprint density at radius 3 is 3.14 bits per heavy atom. The summed E-state index contributed by atoms with van der Waals surface area (Å²) in [6, 6.07) is 3.76. The number of pyridine rings is 1. The maximum atomic E-state index is 10.9. The molecular weight excluding hydrogens is 220 g/mol. The van der Waals surface area contributed by atoms with Crippen molar-refractivity contribution in [3.8, 4) is 0 Å². The molecule has 1 N–H and O–H groups in total. The molecule has 2 rings (SSSR count). The van der Waals surface area contributed by atoms with Crippen molar-refractivity contribution in [1.29, 1.82) is 0 Å². The van der Waals surface area contributed by atoms with Crippen LogP contribution in [0.25, 0.3) is 10.2 Å². The largest absolute Gasteiger partial charge is 0.323 e. The van der Waals surface area contributed by atoms with Gasteiger partial charge in [0.1, 0.15) is 9.85 Å². The molecule has 0 saturated carbocycles. The third-order valence-corrected chi connectivity index (χ3v) is 3.06. The van der Waals surface area contributed by atoms with Crippen LogP contribution in [0.15, 0.2) is 18.3 Å². The number of carbonyl (C=O) groups is 1. The molecule has 3 nitrogen and oxygen atoms in total. The van der Waals surface area contributed by atoms with Crippen molar-refractivity contribution in [1.82, 2.24) is 4.98 Å². The number of fused-ring (bicyclic) bond motifs is 1. The maximum Gasteiger partial charge on any atom is 0.221 e. The lowest BCUT2D eigenvalue weighted by Crippen LogP contribution is -2.05. The fraction of sp³-hybridized carbons (Fsp3) is 0.111. The molecule has 14 heavy (non-hydrogen) atoms. The van der Waals surface area contributed by atoms with Crippen LogP contribution in [-0.4, -0.2) is 10.9 Å². The number of hydrogen-bond acceptors (Lipinski definition) is 3. The highest BCUT2D eigenvalue weighted by Gasteiger charge is 2.11. The summed E-state index contributed by atoms with van der Waals surface area (Å²) < 4.78 is 1.54. The number of anilines is 1. The smallest absolute Gasteiger partial charge is 0.221 e. The normalized spacial score (nSPS) is 10.4. The molecule has 2 aromatic rings. The van der Waals surface area contributed by atoms with E-state index in [1.807, 2.05) is 12.1 Å². The number of nitrogens with one attached hydrogen (secondary N) is 1. The van der Waals surface area contributed by atoms with Crippen LogP contribution in [-0.2, 0) is 4.79 Å². The third-order valence-electron chi connectivity index (χ3n) is 1.70. The summed E-state index contributed by atoms with van der Waals surface area (Å²) >= 11 is 7.38. The van der Waals surface area contributed by atoms with Crippen molar-refractivity contribution >= 4 is 44.7 Å². The zero-order chi connectivity index (χ0) is 10.1. The minimum absolute atomic E-state index is 0.141. The molecule has 0 unspecified atom stereocenters. The van der Waals surface area contributed by atoms with Gasteiger partial charge in [0.25, 0.3) is 0 Å². The molecule has 0 radical (unpaired) electrons. The number of thiophene rings is 1. The Morgan fingerprint density at radius 1 is 1.64 bits per heavy atom. The highest BCUT2D eigenvalue weighted by Crippen LogP contribution is 2.37. The lowest BCUT2D eigenvalue weighted by Gasteiger charge is -1.98. The van der Waals surface area contributed by atoms with Gasteiger partial charge in [-0.25, -0.2) is 0 Å². The Bertz CT molecular complexity index is 495. The van der Waals surface area contributed by atoms with Gasteiger partial charge in [0, 0.05) is 13.1 Å². The van der Waals surface area contributed by atoms with E-state index in [0.717, 1.165) is 10.2 Å². The Balaban J connectivity index is 2.62. The monoisotopic (exact) mass is 226 g/mol. The van der Waals surface area contributed by atoms with Crippen LogP contribution >= 0.6 is 22.9 Å². The molecule has 0 aromatic carbocycles. The number of amides is 1. The fourth-order valence-corrected chi connectivity index (χ4v) is 2.41. The van der Waals surface area contributed by atoms with E-state index in [0.29, 0.717) is 10.0 Å². The standard InChI is InChI=1S/C9H7ClN2OS/c1-5(13)12-8-7-6(14-9(8)10)3-2-4-11-7/h2-4H,1H3,(H,12,13). The predicted molar refractivity (Wildman–Crippen MR) is 58.9 cm³/mol. The second-order valence-corrected chi connectivity index (χ2v) is 4.44. The van der Waals surface area contributed by atoms with Gasteiger partial charge in [0.15, 0.2) is 0 Å². The van der Waals surface area contributed by atoms with Gasteiger partial charge in [-0.05, 0) is 12.1 Å². The molecule has 0 aliphatic rings. The molecule has 5 heteroatoms. The van der Waals surface area contributed by atoms with Crippen LogP contribution in [0.1, 0.15) is 6.92 Å². The summed E-state index contributed by atoms with van der Waals surface area (Å²) in [5.41, 5.74) is 1.36. The first-order valence-electron chi connectivity index (χ1n) is 3.99. The molecule has 0 spiro atoms. The molecule has 2 aromatic heterocycles. The first kappa shape index (κ1) is 9.43. The van der Waals surface area contributed by atoms with Crippen molar-refractivity contribution < 1.29 is 4.79 Å². The summed E-state index contributed by atoms with van der Waals surface area (Å²) in [7, 11) is 0. The molecule has 0 bridgehead atoms. The van der Waals surface area contributed by atoms with E-state index in [1.54, 1.807) is 6.20 Å². The SMILES string of the molecule is CC(=O)Nc1c(Cl)sc2cccnc12. The van der Waals surface area contributed by atoms with Gasteiger partial charge >= 0.3 is 0 Å². The van der Waals surface area contributed by atoms with E-state index in [1.165, 1.54) is 18.3 Å². The van der Waals surface area contributed by atoms with Gasteiger partial charge in [-0.1, -0.05) is 11.6 Å². The highest BCUT2D eigenvalue weighted by molar-refractivity contribution is 7.23. The van der Waals surface area contributed by atoms with Gasteiger partial charge in [-0.2, -0.15) is 0 Å². The minimum atomic E-state index is -0.141.